The van der Waals surface area contributed by atoms with Gasteiger partial charge in [-0.05, 0) is 17.7 Å². The Labute approximate surface area is 108 Å². The van der Waals surface area contributed by atoms with E-state index in [2.05, 4.69) is 10.2 Å². The molecule has 100 valence electrons. The summed E-state index contributed by atoms with van der Waals surface area (Å²) >= 11 is 0. The second-order valence-corrected chi connectivity index (χ2v) is 3.93. The zero-order chi connectivity index (χ0) is 13.8. The molecule has 0 spiro atoms. The van der Waals surface area contributed by atoms with Gasteiger partial charge in [-0.15, -0.1) is 10.2 Å². The zero-order valence-corrected chi connectivity index (χ0v) is 10.2. The predicted molar refractivity (Wildman–Crippen MR) is 63.6 cm³/mol. The number of halogens is 2. The van der Waals surface area contributed by atoms with Gasteiger partial charge in [-0.2, -0.15) is 0 Å². The molecule has 0 fully saturated rings. The van der Waals surface area contributed by atoms with E-state index in [4.69, 9.17) is 4.74 Å². The van der Waals surface area contributed by atoms with Crippen molar-refractivity contribution in [1.82, 2.24) is 10.2 Å². The van der Waals surface area contributed by atoms with Crippen molar-refractivity contribution >= 4 is 0 Å². The summed E-state index contributed by atoms with van der Waals surface area (Å²) in [5, 5.41) is 17.4. The van der Waals surface area contributed by atoms with Crippen molar-refractivity contribution in [3.63, 3.8) is 0 Å². The summed E-state index contributed by atoms with van der Waals surface area (Å²) in [5.74, 6) is -1.58. The summed E-state index contributed by atoms with van der Waals surface area (Å²) in [5.41, 5.74) is 0.356. The molecule has 0 aliphatic rings. The Bertz CT molecular complexity index is 561. The highest BCUT2D eigenvalue weighted by Crippen LogP contribution is 2.20. The number of rotatable bonds is 4. The first-order valence-electron chi connectivity index (χ1n) is 5.60. The molecule has 6 heteroatoms. The average molecular weight is 266 g/mol. The van der Waals surface area contributed by atoms with Gasteiger partial charge >= 0.3 is 0 Å². The van der Waals surface area contributed by atoms with Crippen LogP contribution in [0.2, 0.25) is 0 Å². The van der Waals surface area contributed by atoms with Gasteiger partial charge in [0.15, 0.2) is 11.6 Å². The minimum Gasteiger partial charge on any atom is -0.480 e. The lowest BCUT2D eigenvalue weighted by molar-refractivity contribution is 0.170. The van der Waals surface area contributed by atoms with Crippen LogP contribution in [0.3, 0.4) is 0 Å². The van der Waals surface area contributed by atoms with Gasteiger partial charge < -0.3 is 9.84 Å². The molecule has 1 heterocycles. The molecule has 2 aromatic rings. The molecule has 1 aromatic heterocycles. The molecule has 0 aliphatic heterocycles. The van der Waals surface area contributed by atoms with Crippen LogP contribution >= 0.6 is 0 Å². The molecule has 2 rings (SSSR count). The largest absolute Gasteiger partial charge is 0.480 e. The number of hydrogen-bond donors (Lipinski definition) is 1. The molecule has 4 nitrogen and oxygen atoms in total. The number of aliphatic hydroxyl groups is 1. The van der Waals surface area contributed by atoms with Crippen LogP contribution < -0.4 is 4.74 Å². The van der Waals surface area contributed by atoms with Gasteiger partial charge in [-0.3, -0.25) is 0 Å². The Morgan fingerprint density at radius 3 is 2.63 bits per heavy atom. The van der Waals surface area contributed by atoms with Gasteiger partial charge in [0, 0.05) is 12.5 Å². The van der Waals surface area contributed by atoms with Crippen LogP contribution in [0.4, 0.5) is 8.78 Å². The second-order valence-electron chi connectivity index (χ2n) is 3.93. The number of benzene rings is 1. The third-order valence-electron chi connectivity index (χ3n) is 2.66. The van der Waals surface area contributed by atoms with E-state index in [0.29, 0.717) is 5.88 Å². The van der Waals surface area contributed by atoms with Gasteiger partial charge in [0.2, 0.25) is 5.88 Å². The van der Waals surface area contributed by atoms with Crippen molar-refractivity contribution in [2.24, 2.45) is 0 Å². The molecule has 0 aliphatic carbocycles. The molecule has 1 N–H and O–H groups in total. The van der Waals surface area contributed by atoms with Crippen LogP contribution in [0.15, 0.2) is 30.3 Å². The quantitative estimate of drug-likeness (QED) is 0.920. The Balaban J connectivity index is 2.15. The minimum absolute atomic E-state index is 0.0788. The standard InChI is InChI=1S/C13H12F2N2O2/c1-19-12-6-5-10(16-17-12)11(18)7-8-3-2-4-9(14)13(8)15/h2-6,11,18H,7H2,1H3. The van der Waals surface area contributed by atoms with Crippen LogP contribution in [-0.4, -0.2) is 22.4 Å². The first kappa shape index (κ1) is 13.4. The lowest BCUT2D eigenvalue weighted by atomic mass is 10.0. The van der Waals surface area contributed by atoms with Gasteiger partial charge in [0.1, 0.15) is 6.10 Å². The molecular weight excluding hydrogens is 254 g/mol. The van der Waals surface area contributed by atoms with E-state index in [-0.39, 0.29) is 17.7 Å². The van der Waals surface area contributed by atoms with E-state index in [0.717, 1.165) is 6.07 Å². The third kappa shape index (κ3) is 3.03. The summed E-state index contributed by atoms with van der Waals surface area (Å²) in [4.78, 5) is 0. The van der Waals surface area contributed by atoms with E-state index >= 15 is 0 Å². The normalized spacial score (nSPS) is 12.2. The monoisotopic (exact) mass is 266 g/mol. The summed E-state index contributed by atoms with van der Waals surface area (Å²) < 4.78 is 31.3. The molecule has 0 radical (unpaired) electrons. The Morgan fingerprint density at radius 1 is 1.21 bits per heavy atom. The molecule has 0 saturated carbocycles. The molecule has 1 atom stereocenters. The van der Waals surface area contributed by atoms with Gasteiger partial charge in [-0.25, -0.2) is 8.78 Å². The number of hydrogen-bond acceptors (Lipinski definition) is 4. The van der Waals surface area contributed by atoms with Crippen LogP contribution in [0.1, 0.15) is 17.4 Å². The Kier molecular flexibility index (Phi) is 4.01. The molecule has 0 amide bonds. The highest BCUT2D eigenvalue weighted by Gasteiger charge is 2.15. The van der Waals surface area contributed by atoms with Crippen molar-refractivity contribution in [2.45, 2.75) is 12.5 Å². The number of aliphatic hydroxyl groups excluding tert-OH is 1. The van der Waals surface area contributed by atoms with Crippen molar-refractivity contribution in [3.05, 3.63) is 53.2 Å². The van der Waals surface area contributed by atoms with E-state index in [1.165, 1.54) is 31.4 Å². The predicted octanol–water partition coefficient (Wildman–Crippen LogP) is 2.04. The van der Waals surface area contributed by atoms with Gasteiger partial charge in [-0.1, -0.05) is 12.1 Å². The van der Waals surface area contributed by atoms with Crippen LogP contribution in [0, 0.1) is 11.6 Å². The summed E-state index contributed by atoms with van der Waals surface area (Å²) in [6, 6.07) is 6.89. The SMILES string of the molecule is COc1ccc(C(O)Cc2cccc(F)c2F)nn1. The zero-order valence-electron chi connectivity index (χ0n) is 10.2. The molecule has 1 unspecified atom stereocenters. The summed E-state index contributed by atoms with van der Waals surface area (Å²) in [7, 11) is 1.45. The molecule has 19 heavy (non-hydrogen) atoms. The molecule has 0 saturated heterocycles. The minimum atomic E-state index is -1.06. The van der Waals surface area contributed by atoms with Crippen molar-refractivity contribution in [2.75, 3.05) is 7.11 Å². The number of nitrogens with zero attached hydrogens (tertiary/aromatic N) is 2. The summed E-state index contributed by atoms with van der Waals surface area (Å²) in [6.07, 6.45) is -1.14. The first-order chi connectivity index (χ1) is 9.11. The van der Waals surface area contributed by atoms with E-state index in [1.54, 1.807) is 0 Å². The third-order valence-corrected chi connectivity index (χ3v) is 2.66. The maximum absolute atomic E-state index is 13.5. The Morgan fingerprint density at radius 2 is 2.00 bits per heavy atom. The maximum atomic E-state index is 13.5. The Hall–Kier alpha value is -2.08. The fourth-order valence-corrected chi connectivity index (χ4v) is 1.64. The van der Waals surface area contributed by atoms with Crippen LogP contribution in [-0.2, 0) is 6.42 Å². The molecule has 0 bridgehead atoms. The topological polar surface area (TPSA) is 55.2 Å². The highest BCUT2D eigenvalue weighted by atomic mass is 19.2. The lowest BCUT2D eigenvalue weighted by Crippen LogP contribution is -2.07. The molecular formula is C13H12F2N2O2. The second kappa shape index (κ2) is 5.71. The fraction of sp³-hybridized carbons (Fsp3) is 0.231. The number of ether oxygens (including phenoxy) is 1. The van der Waals surface area contributed by atoms with Crippen molar-refractivity contribution in [1.29, 1.82) is 0 Å². The highest BCUT2D eigenvalue weighted by molar-refractivity contribution is 5.22. The number of aromatic nitrogens is 2. The van der Waals surface area contributed by atoms with E-state index in [1.807, 2.05) is 0 Å². The van der Waals surface area contributed by atoms with E-state index < -0.39 is 17.7 Å². The molecule has 1 aromatic carbocycles. The number of methoxy groups -OCH3 is 1. The fourth-order valence-electron chi connectivity index (χ4n) is 1.64. The average Bonchev–Trinajstić information content (AvgIpc) is 2.44. The smallest absolute Gasteiger partial charge is 0.233 e. The van der Waals surface area contributed by atoms with E-state index in [9.17, 15) is 13.9 Å². The maximum Gasteiger partial charge on any atom is 0.233 e. The van der Waals surface area contributed by atoms with Crippen molar-refractivity contribution in [3.8, 4) is 5.88 Å². The van der Waals surface area contributed by atoms with Gasteiger partial charge in [0.25, 0.3) is 0 Å². The van der Waals surface area contributed by atoms with Crippen molar-refractivity contribution < 1.29 is 18.6 Å². The lowest BCUT2D eigenvalue weighted by Gasteiger charge is -2.10. The van der Waals surface area contributed by atoms with Gasteiger partial charge in [0.05, 0.1) is 12.8 Å². The van der Waals surface area contributed by atoms with Crippen LogP contribution in [0.5, 0.6) is 5.88 Å². The summed E-state index contributed by atoms with van der Waals surface area (Å²) in [6.45, 7) is 0. The first-order valence-corrected chi connectivity index (χ1v) is 5.60. The van der Waals surface area contributed by atoms with Crippen LogP contribution in [0.25, 0.3) is 0 Å².